The van der Waals surface area contributed by atoms with Crippen LogP contribution in [-0.4, -0.2) is 27.8 Å². The van der Waals surface area contributed by atoms with Crippen molar-refractivity contribution in [2.75, 3.05) is 0 Å². The smallest absolute Gasteiger partial charge is 0.434 e. The van der Waals surface area contributed by atoms with E-state index in [0.717, 1.165) is 0 Å². The standard InChI is InChI=1S/C8H7F6IO2/c9-7(10,11)5(8(12,13)14)17-4(16)3-6(15)1-2-6/h5H,1-3H2. The first-order valence-corrected chi connectivity index (χ1v) is 5.54. The molecule has 2 nitrogen and oxygen atoms in total. The third kappa shape index (κ3) is 4.51. The zero-order valence-corrected chi connectivity index (χ0v) is 10.3. The molecular formula is C8H7F6IO2. The molecule has 0 aromatic rings. The van der Waals surface area contributed by atoms with Crippen LogP contribution >= 0.6 is 22.6 Å². The zero-order valence-electron chi connectivity index (χ0n) is 8.16. The number of ether oxygens (including phenoxy) is 1. The van der Waals surface area contributed by atoms with Crippen molar-refractivity contribution in [3.05, 3.63) is 0 Å². The lowest BCUT2D eigenvalue weighted by Gasteiger charge is -2.23. The maximum atomic E-state index is 12.0. The average Bonchev–Trinajstić information content (AvgIpc) is 2.75. The van der Waals surface area contributed by atoms with Crippen LogP contribution in [0.1, 0.15) is 19.3 Å². The highest BCUT2D eigenvalue weighted by Gasteiger charge is 2.60. The van der Waals surface area contributed by atoms with Gasteiger partial charge in [0.25, 0.3) is 6.10 Å². The highest BCUT2D eigenvalue weighted by Crippen LogP contribution is 2.48. The summed E-state index contributed by atoms with van der Waals surface area (Å²) < 4.78 is 75.1. The summed E-state index contributed by atoms with van der Waals surface area (Å²) in [5.41, 5.74) is 0. The molecule has 0 aromatic carbocycles. The van der Waals surface area contributed by atoms with Crippen molar-refractivity contribution in [2.24, 2.45) is 0 Å². The quantitative estimate of drug-likeness (QED) is 0.327. The Balaban J connectivity index is 2.64. The SMILES string of the molecule is O=C(CC1(I)CC1)OC(C(F)(F)F)C(F)(F)F. The van der Waals surface area contributed by atoms with E-state index < -0.39 is 34.3 Å². The summed E-state index contributed by atoms with van der Waals surface area (Å²) in [4.78, 5) is 11.0. The lowest BCUT2D eigenvalue weighted by molar-refractivity contribution is -0.313. The van der Waals surface area contributed by atoms with Gasteiger partial charge >= 0.3 is 18.3 Å². The second kappa shape index (κ2) is 4.47. The van der Waals surface area contributed by atoms with Gasteiger partial charge in [0.15, 0.2) is 0 Å². The van der Waals surface area contributed by atoms with Gasteiger partial charge in [-0.3, -0.25) is 4.79 Å². The van der Waals surface area contributed by atoms with Crippen LogP contribution in [0.15, 0.2) is 0 Å². The van der Waals surface area contributed by atoms with Gasteiger partial charge in [0.1, 0.15) is 0 Å². The Morgan fingerprint density at radius 3 is 1.88 bits per heavy atom. The van der Waals surface area contributed by atoms with Crippen molar-refractivity contribution in [2.45, 2.75) is 41.1 Å². The van der Waals surface area contributed by atoms with E-state index in [0.29, 0.717) is 12.8 Å². The maximum Gasteiger partial charge on any atom is 0.434 e. The van der Waals surface area contributed by atoms with Crippen LogP contribution in [0.5, 0.6) is 0 Å². The second-order valence-electron chi connectivity index (χ2n) is 3.78. The fourth-order valence-electron chi connectivity index (χ4n) is 1.06. The van der Waals surface area contributed by atoms with Crippen molar-refractivity contribution in [3.8, 4) is 0 Å². The van der Waals surface area contributed by atoms with E-state index in [4.69, 9.17) is 0 Å². The van der Waals surface area contributed by atoms with E-state index in [9.17, 15) is 31.1 Å². The van der Waals surface area contributed by atoms with Gasteiger partial charge < -0.3 is 4.74 Å². The van der Waals surface area contributed by atoms with Crippen molar-refractivity contribution in [3.63, 3.8) is 0 Å². The van der Waals surface area contributed by atoms with Gasteiger partial charge in [-0.15, -0.1) is 0 Å². The van der Waals surface area contributed by atoms with E-state index >= 15 is 0 Å². The molecule has 0 spiro atoms. The zero-order chi connectivity index (χ0) is 13.5. The van der Waals surface area contributed by atoms with Crippen molar-refractivity contribution in [1.29, 1.82) is 0 Å². The number of esters is 1. The summed E-state index contributed by atoms with van der Waals surface area (Å²) in [7, 11) is 0. The van der Waals surface area contributed by atoms with Crippen LogP contribution in [0.2, 0.25) is 0 Å². The highest BCUT2D eigenvalue weighted by molar-refractivity contribution is 14.1. The van der Waals surface area contributed by atoms with E-state index in [1.807, 2.05) is 22.6 Å². The van der Waals surface area contributed by atoms with Gasteiger partial charge in [0.2, 0.25) is 0 Å². The minimum Gasteiger partial charge on any atom is -0.443 e. The predicted octanol–water partition coefficient (Wildman–Crippen LogP) is 3.38. The third-order valence-corrected chi connectivity index (χ3v) is 3.56. The molecule has 0 amide bonds. The molecule has 0 N–H and O–H groups in total. The highest BCUT2D eigenvalue weighted by atomic mass is 127. The molecule has 0 aromatic heterocycles. The van der Waals surface area contributed by atoms with E-state index in [1.165, 1.54) is 0 Å². The molecule has 0 atom stereocenters. The normalized spacial score (nSPS) is 19.3. The molecule has 0 radical (unpaired) electrons. The molecule has 0 aliphatic heterocycles. The second-order valence-corrected chi connectivity index (χ2v) is 6.07. The number of hydrogen-bond acceptors (Lipinski definition) is 2. The number of hydrogen-bond donors (Lipinski definition) is 0. The molecule has 100 valence electrons. The van der Waals surface area contributed by atoms with Gasteiger partial charge in [-0.2, -0.15) is 26.3 Å². The summed E-state index contributed by atoms with van der Waals surface area (Å²) in [6.45, 7) is 0. The van der Waals surface area contributed by atoms with Crippen molar-refractivity contribution < 1.29 is 35.9 Å². The Kier molecular flexibility index (Phi) is 3.90. The summed E-state index contributed by atoms with van der Waals surface area (Å²) in [6.07, 6.45) is -14.6. The molecule has 0 bridgehead atoms. The Hall–Kier alpha value is -0.220. The van der Waals surface area contributed by atoms with Crippen LogP contribution < -0.4 is 0 Å². The Morgan fingerprint density at radius 2 is 1.59 bits per heavy atom. The first kappa shape index (κ1) is 14.8. The minimum atomic E-state index is -5.64. The molecule has 9 heteroatoms. The topological polar surface area (TPSA) is 26.3 Å². The van der Waals surface area contributed by atoms with Gasteiger partial charge in [0, 0.05) is 3.42 Å². The average molecular weight is 376 g/mol. The molecule has 0 unspecified atom stereocenters. The first-order chi connectivity index (χ1) is 7.44. The van der Waals surface area contributed by atoms with E-state index in [1.54, 1.807) is 0 Å². The fraction of sp³-hybridized carbons (Fsp3) is 0.875. The summed E-state index contributed by atoms with van der Waals surface area (Å²) in [6, 6.07) is 0. The number of rotatable bonds is 3. The van der Waals surface area contributed by atoms with Crippen LogP contribution in [-0.2, 0) is 9.53 Å². The van der Waals surface area contributed by atoms with E-state index in [-0.39, 0.29) is 0 Å². The van der Waals surface area contributed by atoms with Crippen LogP contribution in [0, 0.1) is 0 Å². The lowest BCUT2D eigenvalue weighted by atomic mass is 10.3. The summed E-state index contributed by atoms with van der Waals surface area (Å²) >= 11 is 1.83. The lowest BCUT2D eigenvalue weighted by Crippen LogP contribution is -2.45. The number of halogens is 7. The molecular weight excluding hydrogens is 369 g/mol. The largest absolute Gasteiger partial charge is 0.443 e. The molecule has 1 saturated carbocycles. The van der Waals surface area contributed by atoms with Gasteiger partial charge in [-0.05, 0) is 12.8 Å². The van der Waals surface area contributed by atoms with Gasteiger partial charge in [0.05, 0.1) is 6.42 Å². The molecule has 1 aliphatic rings. The van der Waals surface area contributed by atoms with Crippen molar-refractivity contribution >= 4 is 28.6 Å². The summed E-state index contributed by atoms with van der Waals surface area (Å²) in [5.74, 6) is -1.48. The monoisotopic (exact) mass is 376 g/mol. The summed E-state index contributed by atoms with van der Waals surface area (Å²) in [5, 5.41) is 0. The molecule has 0 heterocycles. The molecule has 1 aliphatic carbocycles. The fourth-order valence-corrected chi connectivity index (χ4v) is 1.64. The number of alkyl halides is 7. The third-order valence-electron chi connectivity index (χ3n) is 2.10. The first-order valence-electron chi connectivity index (χ1n) is 4.46. The van der Waals surface area contributed by atoms with Crippen molar-refractivity contribution in [1.82, 2.24) is 0 Å². The molecule has 17 heavy (non-hydrogen) atoms. The Bertz CT molecular complexity index is 292. The van der Waals surface area contributed by atoms with E-state index in [2.05, 4.69) is 4.74 Å². The maximum absolute atomic E-state index is 12.0. The minimum absolute atomic E-state index is 0.434. The molecule has 1 fully saturated rings. The van der Waals surface area contributed by atoms with Gasteiger partial charge in [-0.25, -0.2) is 0 Å². The Morgan fingerprint density at radius 1 is 1.18 bits per heavy atom. The predicted molar refractivity (Wildman–Crippen MR) is 52.6 cm³/mol. The van der Waals surface area contributed by atoms with Crippen LogP contribution in [0.25, 0.3) is 0 Å². The Labute approximate surface area is 106 Å². The van der Waals surface area contributed by atoms with Gasteiger partial charge in [-0.1, -0.05) is 22.6 Å². The van der Waals surface area contributed by atoms with Crippen LogP contribution in [0.4, 0.5) is 26.3 Å². The number of carbonyl (C=O) groups is 1. The van der Waals surface area contributed by atoms with Crippen LogP contribution in [0.3, 0.4) is 0 Å². The number of carbonyl (C=O) groups excluding carboxylic acids is 1. The molecule has 1 rings (SSSR count). The molecule has 0 saturated heterocycles.